The lowest BCUT2D eigenvalue weighted by Crippen LogP contribution is -2.06. The average Bonchev–Trinajstić information content (AvgIpc) is 3.33. The zero-order valence-corrected chi connectivity index (χ0v) is 12.9. The summed E-state index contributed by atoms with van der Waals surface area (Å²) in [5, 5.41) is 8.30. The Morgan fingerprint density at radius 1 is 1.22 bits per heavy atom. The van der Waals surface area contributed by atoms with Gasteiger partial charge < -0.3 is 4.57 Å². The normalized spacial score (nSPS) is 14.2. The molecule has 2 heterocycles. The van der Waals surface area contributed by atoms with E-state index in [1.165, 1.54) is 0 Å². The fourth-order valence-corrected chi connectivity index (χ4v) is 2.89. The van der Waals surface area contributed by atoms with Crippen LogP contribution in [-0.4, -0.2) is 19.7 Å². The van der Waals surface area contributed by atoms with E-state index in [1.807, 2.05) is 35.9 Å². The van der Waals surface area contributed by atoms with E-state index in [0.717, 1.165) is 41.1 Å². The molecule has 4 nitrogen and oxygen atoms in total. The van der Waals surface area contributed by atoms with Crippen LogP contribution in [0.1, 0.15) is 35.8 Å². The first-order chi connectivity index (χ1) is 11.2. The van der Waals surface area contributed by atoms with Crippen molar-refractivity contribution in [1.29, 1.82) is 0 Å². The van der Waals surface area contributed by atoms with Gasteiger partial charge in [0.15, 0.2) is 0 Å². The molecule has 5 heteroatoms. The van der Waals surface area contributed by atoms with Crippen molar-refractivity contribution in [1.82, 2.24) is 19.7 Å². The highest BCUT2D eigenvalue weighted by Gasteiger charge is 2.27. The molecular weight excluding hydrogens is 291 g/mol. The summed E-state index contributed by atoms with van der Waals surface area (Å²) in [6, 6.07) is 7.30. The third-order valence-corrected chi connectivity index (χ3v) is 4.37. The van der Waals surface area contributed by atoms with Gasteiger partial charge in [-0.2, -0.15) is 10.2 Å². The van der Waals surface area contributed by atoms with Gasteiger partial charge in [0.05, 0.1) is 18.4 Å². The van der Waals surface area contributed by atoms with Crippen LogP contribution in [0, 0.1) is 12.7 Å². The minimum absolute atomic E-state index is 0.106. The monoisotopic (exact) mass is 308 g/mol. The number of hydrogen-bond donors (Lipinski definition) is 0. The fourth-order valence-electron chi connectivity index (χ4n) is 2.89. The second kappa shape index (κ2) is 5.57. The van der Waals surface area contributed by atoms with Gasteiger partial charge in [0.25, 0.3) is 0 Å². The number of hydrogen-bond acceptors (Lipinski definition) is 3. The Hall–Kier alpha value is -2.56. The molecule has 116 valence electrons. The molecule has 0 spiro atoms. The van der Waals surface area contributed by atoms with Gasteiger partial charge in [0.2, 0.25) is 0 Å². The lowest BCUT2D eigenvalue weighted by Gasteiger charge is -2.11. The summed E-state index contributed by atoms with van der Waals surface area (Å²) in [5.74, 6) is 1.20. The smallest absolute Gasteiger partial charge is 0.126 e. The van der Waals surface area contributed by atoms with Crippen LogP contribution in [0.3, 0.4) is 0 Å². The Morgan fingerprint density at radius 2 is 2.09 bits per heavy atom. The summed E-state index contributed by atoms with van der Waals surface area (Å²) in [6.45, 7) is 2.56. The second-order valence-electron chi connectivity index (χ2n) is 6.00. The van der Waals surface area contributed by atoms with E-state index in [9.17, 15) is 4.39 Å². The number of benzene rings is 1. The van der Waals surface area contributed by atoms with E-state index in [2.05, 4.69) is 15.2 Å². The van der Waals surface area contributed by atoms with Crippen molar-refractivity contribution < 1.29 is 4.39 Å². The van der Waals surface area contributed by atoms with Gasteiger partial charge in [-0.3, -0.25) is 0 Å². The van der Waals surface area contributed by atoms with Gasteiger partial charge >= 0.3 is 0 Å². The van der Waals surface area contributed by atoms with Crippen LogP contribution in [0.15, 0.2) is 42.9 Å². The molecule has 0 bridgehead atoms. The van der Waals surface area contributed by atoms with Crippen LogP contribution in [0.2, 0.25) is 0 Å². The highest BCUT2D eigenvalue weighted by atomic mass is 19.1. The minimum Gasteiger partial charge on any atom is -0.329 e. The molecule has 0 N–H and O–H groups in total. The van der Waals surface area contributed by atoms with Crippen LogP contribution in [0.5, 0.6) is 0 Å². The van der Waals surface area contributed by atoms with E-state index in [4.69, 9.17) is 0 Å². The van der Waals surface area contributed by atoms with Crippen molar-refractivity contribution >= 4 is 0 Å². The summed E-state index contributed by atoms with van der Waals surface area (Å²) in [5.41, 5.74) is 3.68. The largest absolute Gasteiger partial charge is 0.329 e. The van der Waals surface area contributed by atoms with Crippen LogP contribution in [0.4, 0.5) is 4.39 Å². The van der Waals surface area contributed by atoms with Crippen molar-refractivity contribution in [3.63, 3.8) is 0 Å². The van der Waals surface area contributed by atoms with Crippen molar-refractivity contribution in [2.75, 3.05) is 0 Å². The first kappa shape index (κ1) is 14.1. The van der Waals surface area contributed by atoms with Crippen LogP contribution < -0.4 is 0 Å². The molecule has 0 unspecified atom stereocenters. The summed E-state index contributed by atoms with van der Waals surface area (Å²) in [6.07, 6.45) is 7.54. The predicted octanol–water partition coefficient (Wildman–Crippen LogP) is 3.71. The average molecular weight is 308 g/mol. The Morgan fingerprint density at radius 3 is 2.83 bits per heavy atom. The van der Waals surface area contributed by atoms with E-state index in [1.54, 1.807) is 18.5 Å². The van der Waals surface area contributed by atoms with Crippen LogP contribution in [-0.2, 0) is 6.54 Å². The highest BCUT2D eigenvalue weighted by Crippen LogP contribution is 2.42. The molecule has 1 aliphatic carbocycles. The zero-order valence-electron chi connectivity index (χ0n) is 12.9. The molecule has 0 amide bonds. The van der Waals surface area contributed by atoms with Gasteiger partial charge in [0.1, 0.15) is 11.6 Å². The van der Waals surface area contributed by atoms with E-state index in [-0.39, 0.29) is 5.82 Å². The Kier molecular flexibility index (Phi) is 3.41. The maximum absolute atomic E-state index is 14.0. The van der Waals surface area contributed by atoms with Gasteiger partial charge in [-0.05, 0) is 55.0 Å². The summed E-state index contributed by atoms with van der Waals surface area (Å²) in [7, 11) is 0. The van der Waals surface area contributed by atoms with Gasteiger partial charge in [-0.1, -0.05) is 6.07 Å². The van der Waals surface area contributed by atoms with Crippen molar-refractivity contribution in [2.45, 2.75) is 32.2 Å². The predicted molar refractivity (Wildman–Crippen MR) is 85.5 cm³/mol. The second-order valence-corrected chi connectivity index (χ2v) is 6.00. The molecule has 1 fully saturated rings. The Balaban J connectivity index is 1.74. The molecule has 1 saturated carbocycles. The van der Waals surface area contributed by atoms with E-state index < -0.39 is 0 Å². The maximum Gasteiger partial charge on any atom is 0.126 e. The molecule has 0 saturated heterocycles. The van der Waals surface area contributed by atoms with Gasteiger partial charge in [-0.25, -0.2) is 9.37 Å². The van der Waals surface area contributed by atoms with E-state index in [0.29, 0.717) is 12.5 Å². The third-order valence-electron chi connectivity index (χ3n) is 4.37. The highest BCUT2D eigenvalue weighted by molar-refractivity contribution is 5.66. The molecule has 1 aliphatic rings. The number of halogens is 1. The first-order valence-electron chi connectivity index (χ1n) is 7.80. The van der Waals surface area contributed by atoms with Gasteiger partial charge in [-0.15, -0.1) is 0 Å². The van der Waals surface area contributed by atoms with Crippen LogP contribution in [0.25, 0.3) is 11.1 Å². The maximum atomic E-state index is 14.0. The van der Waals surface area contributed by atoms with Crippen LogP contribution >= 0.6 is 0 Å². The first-order valence-corrected chi connectivity index (χ1v) is 7.80. The van der Waals surface area contributed by atoms with Crippen molar-refractivity contribution in [3.8, 4) is 11.1 Å². The molecule has 0 aliphatic heterocycles. The number of rotatable bonds is 4. The zero-order chi connectivity index (χ0) is 15.8. The molecular formula is C18H17FN4. The molecule has 3 aromatic rings. The quantitative estimate of drug-likeness (QED) is 0.738. The van der Waals surface area contributed by atoms with Crippen molar-refractivity contribution in [2.24, 2.45) is 0 Å². The number of aromatic nitrogens is 4. The minimum atomic E-state index is -0.106. The lowest BCUT2D eigenvalue weighted by atomic mass is 10.00. The molecule has 0 atom stereocenters. The Bertz CT molecular complexity index is 852. The van der Waals surface area contributed by atoms with E-state index >= 15 is 0 Å². The molecule has 2 aromatic heterocycles. The fraction of sp³-hybridized carbons (Fsp3) is 0.278. The summed E-state index contributed by atoms with van der Waals surface area (Å²) < 4.78 is 16.0. The topological polar surface area (TPSA) is 43.6 Å². The molecule has 4 rings (SSSR count). The molecule has 23 heavy (non-hydrogen) atoms. The van der Waals surface area contributed by atoms with Gasteiger partial charge in [0, 0.05) is 18.0 Å². The number of imidazole rings is 1. The SMILES string of the molecule is Cc1nccn1Cc1nnccc1-c1ccc(F)c(C2CC2)c1. The molecule has 0 radical (unpaired) electrons. The number of aryl methyl sites for hydroxylation is 1. The lowest BCUT2D eigenvalue weighted by molar-refractivity contribution is 0.611. The van der Waals surface area contributed by atoms with Crippen molar-refractivity contribution in [3.05, 3.63) is 65.8 Å². The number of nitrogens with zero attached hydrogens (tertiary/aromatic N) is 4. The standard InChI is InChI=1S/C18H17FN4/c1-12-20-8-9-23(12)11-18-15(6-7-21-22-18)14-4-5-17(19)16(10-14)13-2-3-13/h4-10,13H,2-3,11H2,1H3. The summed E-state index contributed by atoms with van der Waals surface area (Å²) in [4.78, 5) is 4.24. The summed E-state index contributed by atoms with van der Waals surface area (Å²) >= 11 is 0. The molecule has 1 aromatic carbocycles. The Labute approximate surface area is 134 Å². The third kappa shape index (κ3) is 2.74.